The van der Waals surface area contributed by atoms with Gasteiger partial charge in [0.1, 0.15) is 5.75 Å². The summed E-state index contributed by atoms with van der Waals surface area (Å²) in [5.41, 5.74) is 3.35. The summed E-state index contributed by atoms with van der Waals surface area (Å²) in [6.45, 7) is 6.02. The first-order valence-corrected chi connectivity index (χ1v) is 8.43. The fraction of sp³-hybridized carbons (Fsp3) is 0.211. The molecule has 0 saturated carbocycles. The molecule has 5 heteroatoms. The van der Waals surface area contributed by atoms with Gasteiger partial charge >= 0.3 is 0 Å². The van der Waals surface area contributed by atoms with Crippen molar-refractivity contribution in [2.75, 3.05) is 6.61 Å². The van der Waals surface area contributed by atoms with E-state index in [4.69, 9.17) is 27.9 Å². The molecule has 0 spiro atoms. The van der Waals surface area contributed by atoms with Crippen LogP contribution >= 0.6 is 23.2 Å². The highest BCUT2D eigenvalue weighted by Crippen LogP contribution is 2.34. The summed E-state index contributed by atoms with van der Waals surface area (Å²) in [6.07, 6.45) is 0. The van der Waals surface area contributed by atoms with E-state index in [1.54, 1.807) is 19.1 Å². The predicted octanol–water partition coefficient (Wildman–Crippen LogP) is 5.85. The Kier molecular flexibility index (Phi) is 4.57. The second-order valence-corrected chi connectivity index (χ2v) is 6.38. The van der Waals surface area contributed by atoms with Crippen molar-refractivity contribution in [2.24, 2.45) is 0 Å². The van der Waals surface area contributed by atoms with Crippen molar-refractivity contribution in [3.63, 3.8) is 0 Å². The summed E-state index contributed by atoms with van der Waals surface area (Å²) in [6, 6.07) is 11.2. The number of carbonyl (C=O) groups excluding carboxylic acids is 1. The summed E-state index contributed by atoms with van der Waals surface area (Å²) in [7, 11) is 0. The minimum atomic E-state index is 0.0185. The summed E-state index contributed by atoms with van der Waals surface area (Å²) in [5.74, 6) is 0.767. The zero-order valence-corrected chi connectivity index (χ0v) is 15.2. The largest absolute Gasteiger partial charge is 0.494 e. The number of nitrogens with zero attached hydrogens (tertiary/aromatic N) is 1. The average Bonchev–Trinajstić information content (AvgIpc) is 2.82. The Balaban J connectivity index is 2.33. The molecule has 0 aliphatic rings. The molecule has 0 amide bonds. The normalized spacial score (nSPS) is 11.0. The standard InChI is InChI=1S/C19H17Cl2NO2/c1-4-24-14-6-8-18-15(10-14)19(12(3)23)11(2)22(18)13-5-7-16(20)17(21)9-13/h5-10H,4H2,1-3H3. The van der Waals surface area contributed by atoms with Gasteiger partial charge in [-0.05, 0) is 57.2 Å². The van der Waals surface area contributed by atoms with E-state index >= 15 is 0 Å². The molecule has 0 bridgehead atoms. The monoisotopic (exact) mass is 361 g/mol. The van der Waals surface area contributed by atoms with E-state index in [0.717, 1.165) is 28.0 Å². The molecule has 3 rings (SSSR count). The van der Waals surface area contributed by atoms with Crippen LogP contribution in [-0.4, -0.2) is 17.0 Å². The molecular formula is C19H17Cl2NO2. The molecule has 2 aromatic carbocycles. The van der Waals surface area contributed by atoms with Crippen LogP contribution < -0.4 is 4.74 Å². The minimum absolute atomic E-state index is 0.0185. The number of carbonyl (C=O) groups is 1. The van der Waals surface area contributed by atoms with Gasteiger partial charge < -0.3 is 9.30 Å². The van der Waals surface area contributed by atoms with E-state index in [2.05, 4.69) is 0 Å². The van der Waals surface area contributed by atoms with Gasteiger partial charge in [0, 0.05) is 22.3 Å². The van der Waals surface area contributed by atoms with Crippen LogP contribution in [0, 0.1) is 6.92 Å². The molecular weight excluding hydrogens is 345 g/mol. The highest BCUT2D eigenvalue weighted by atomic mass is 35.5. The number of fused-ring (bicyclic) bond motifs is 1. The number of hydrogen-bond donors (Lipinski definition) is 0. The lowest BCUT2D eigenvalue weighted by molar-refractivity contribution is 0.101. The second kappa shape index (κ2) is 6.50. The van der Waals surface area contributed by atoms with E-state index in [9.17, 15) is 4.79 Å². The Morgan fingerprint density at radius 2 is 1.88 bits per heavy atom. The van der Waals surface area contributed by atoms with Crippen molar-refractivity contribution < 1.29 is 9.53 Å². The summed E-state index contributed by atoms with van der Waals surface area (Å²) in [4.78, 5) is 12.2. The molecule has 0 fully saturated rings. The molecule has 0 atom stereocenters. The van der Waals surface area contributed by atoms with Gasteiger partial charge in [0.2, 0.25) is 0 Å². The molecule has 0 aliphatic heterocycles. The Bertz CT molecular complexity index is 944. The van der Waals surface area contributed by atoms with E-state index in [1.165, 1.54) is 0 Å². The number of ketones is 1. The first-order valence-electron chi connectivity index (χ1n) is 7.68. The Morgan fingerprint density at radius 3 is 2.50 bits per heavy atom. The fourth-order valence-corrected chi connectivity index (χ4v) is 3.35. The third-order valence-corrected chi connectivity index (χ3v) is 4.74. The van der Waals surface area contributed by atoms with E-state index in [-0.39, 0.29) is 5.78 Å². The lowest BCUT2D eigenvalue weighted by atomic mass is 10.1. The molecule has 0 N–H and O–H groups in total. The maximum Gasteiger partial charge on any atom is 0.162 e. The molecule has 0 unspecified atom stereocenters. The molecule has 0 radical (unpaired) electrons. The first kappa shape index (κ1) is 16.9. The molecule has 0 aliphatic carbocycles. The Morgan fingerprint density at radius 1 is 1.12 bits per heavy atom. The van der Waals surface area contributed by atoms with Crippen molar-refractivity contribution in [2.45, 2.75) is 20.8 Å². The minimum Gasteiger partial charge on any atom is -0.494 e. The van der Waals surface area contributed by atoms with Crippen LogP contribution in [0.3, 0.4) is 0 Å². The van der Waals surface area contributed by atoms with E-state index in [0.29, 0.717) is 22.2 Å². The van der Waals surface area contributed by atoms with Crippen LogP contribution in [0.5, 0.6) is 5.75 Å². The highest BCUT2D eigenvalue weighted by molar-refractivity contribution is 6.42. The van der Waals surface area contributed by atoms with Gasteiger partial charge in [-0.15, -0.1) is 0 Å². The predicted molar refractivity (Wildman–Crippen MR) is 99.2 cm³/mol. The van der Waals surface area contributed by atoms with Crippen LogP contribution in [0.2, 0.25) is 10.0 Å². The molecule has 0 saturated heterocycles. The fourth-order valence-electron chi connectivity index (χ4n) is 3.06. The zero-order chi connectivity index (χ0) is 17.4. The topological polar surface area (TPSA) is 31.2 Å². The Labute approximate surface area is 150 Å². The zero-order valence-electron chi connectivity index (χ0n) is 13.7. The number of benzene rings is 2. The van der Waals surface area contributed by atoms with Gasteiger partial charge in [0.25, 0.3) is 0 Å². The molecule has 24 heavy (non-hydrogen) atoms. The van der Waals surface area contributed by atoms with Gasteiger partial charge in [0.05, 0.1) is 22.2 Å². The number of ether oxygens (including phenoxy) is 1. The summed E-state index contributed by atoms with van der Waals surface area (Å²) >= 11 is 12.2. The van der Waals surface area contributed by atoms with Crippen LogP contribution in [0.1, 0.15) is 29.9 Å². The Hall–Kier alpha value is -1.97. The first-order chi connectivity index (χ1) is 11.4. The van der Waals surface area contributed by atoms with Crippen molar-refractivity contribution in [3.8, 4) is 11.4 Å². The van der Waals surface area contributed by atoms with Gasteiger partial charge in [-0.1, -0.05) is 23.2 Å². The third-order valence-electron chi connectivity index (χ3n) is 4.00. The quantitative estimate of drug-likeness (QED) is 0.546. The number of halogens is 2. The van der Waals surface area contributed by atoms with Crippen molar-refractivity contribution in [3.05, 3.63) is 57.7 Å². The molecule has 1 aromatic heterocycles. The van der Waals surface area contributed by atoms with Crippen molar-refractivity contribution in [1.29, 1.82) is 0 Å². The lowest BCUT2D eigenvalue weighted by Gasteiger charge is -2.10. The molecule has 3 aromatic rings. The van der Waals surface area contributed by atoms with Crippen LogP contribution in [0.4, 0.5) is 0 Å². The van der Waals surface area contributed by atoms with Crippen LogP contribution in [0.25, 0.3) is 16.6 Å². The lowest BCUT2D eigenvalue weighted by Crippen LogP contribution is -1.99. The third kappa shape index (κ3) is 2.79. The number of rotatable bonds is 4. The van der Waals surface area contributed by atoms with Crippen LogP contribution in [0.15, 0.2) is 36.4 Å². The molecule has 124 valence electrons. The number of aromatic nitrogens is 1. The highest BCUT2D eigenvalue weighted by Gasteiger charge is 2.19. The summed E-state index contributed by atoms with van der Waals surface area (Å²) < 4.78 is 7.60. The van der Waals surface area contributed by atoms with Crippen molar-refractivity contribution >= 4 is 39.9 Å². The SMILES string of the molecule is CCOc1ccc2c(c1)c(C(C)=O)c(C)n2-c1ccc(Cl)c(Cl)c1. The molecule has 3 nitrogen and oxygen atoms in total. The number of Topliss-reactive ketones (excluding diaryl/α,β-unsaturated/α-hetero) is 1. The second-order valence-electron chi connectivity index (χ2n) is 5.56. The summed E-state index contributed by atoms with van der Waals surface area (Å²) in [5, 5.41) is 1.85. The van der Waals surface area contributed by atoms with Gasteiger partial charge in [-0.25, -0.2) is 0 Å². The van der Waals surface area contributed by atoms with Crippen molar-refractivity contribution in [1.82, 2.24) is 4.57 Å². The number of hydrogen-bond acceptors (Lipinski definition) is 2. The van der Waals surface area contributed by atoms with Gasteiger partial charge in [-0.3, -0.25) is 4.79 Å². The van der Waals surface area contributed by atoms with Crippen LogP contribution in [-0.2, 0) is 0 Å². The van der Waals surface area contributed by atoms with Gasteiger partial charge in [0.15, 0.2) is 5.78 Å². The van der Waals surface area contributed by atoms with E-state index in [1.807, 2.05) is 42.7 Å². The average molecular weight is 362 g/mol. The maximum absolute atomic E-state index is 12.2. The van der Waals surface area contributed by atoms with E-state index < -0.39 is 0 Å². The smallest absolute Gasteiger partial charge is 0.162 e. The van der Waals surface area contributed by atoms with Gasteiger partial charge in [-0.2, -0.15) is 0 Å². The molecule has 1 heterocycles. The maximum atomic E-state index is 12.2.